The lowest BCUT2D eigenvalue weighted by Crippen LogP contribution is -2.11. The van der Waals surface area contributed by atoms with Crippen molar-refractivity contribution in [3.8, 4) is 0 Å². The summed E-state index contributed by atoms with van der Waals surface area (Å²) >= 11 is 5.68. The van der Waals surface area contributed by atoms with Crippen LogP contribution in [-0.4, -0.2) is 19.8 Å². The Bertz CT molecular complexity index is 430. The Morgan fingerprint density at radius 1 is 1.50 bits per heavy atom. The van der Waals surface area contributed by atoms with Crippen molar-refractivity contribution in [3.63, 3.8) is 0 Å². The van der Waals surface area contributed by atoms with Crippen LogP contribution in [0.5, 0.6) is 0 Å². The Labute approximate surface area is 87.6 Å². The maximum atomic E-state index is 10.9. The van der Waals surface area contributed by atoms with E-state index in [0.717, 1.165) is 6.26 Å². The Morgan fingerprint density at radius 2 is 2.14 bits per heavy atom. The average molecular weight is 236 g/mol. The second kappa shape index (κ2) is 4.16. The lowest BCUT2D eigenvalue weighted by atomic mass is 10.2. The summed E-state index contributed by atoms with van der Waals surface area (Å²) < 4.78 is 24.1. The summed E-state index contributed by atoms with van der Waals surface area (Å²) in [6.07, 6.45) is 1.04. The van der Waals surface area contributed by atoms with Gasteiger partial charge in [0.15, 0.2) is 0 Å². The minimum Gasteiger partial charge on any atom is -0.392 e. The summed E-state index contributed by atoms with van der Waals surface area (Å²) in [6, 6.07) is 4.57. The van der Waals surface area contributed by atoms with E-state index in [2.05, 4.69) is 4.72 Å². The molecule has 1 rings (SSSR count). The van der Waals surface area contributed by atoms with Crippen molar-refractivity contribution in [1.82, 2.24) is 0 Å². The lowest BCUT2D eigenvalue weighted by molar-refractivity contribution is 0.282. The molecule has 0 unspecified atom stereocenters. The normalized spacial score (nSPS) is 11.4. The second-order valence-electron chi connectivity index (χ2n) is 2.83. The molecule has 0 aliphatic rings. The third-order valence-electron chi connectivity index (χ3n) is 1.53. The number of benzene rings is 1. The van der Waals surface area contributed by atoms with Crippen LogP contribution in [0.15, 0.2) is 18.2 Å². The van der Waals surface area contributed by atoms with Crippen molar-refractivity contribution in [2.45, 2.75) is 6.61 Å². The number of aliphatic hydroxyl groups excluding tert-OH is 1. The molecule has 0 saturated carbocycles. The molecule has 0 spiro atoms. The summed E-state index contributed by atoms with van der Waals surface area (Å²) in [7, 11) is -3.33. The van der Waals surface area contributed by atoms with Gasteiger partial charge in [-0.2, -0.15) is 0 Å². The highest BCUT2D eigenvalue weighted by Crippen LogP contribution is 2.21. The largest absolute Gasteiger partial charge is 0.392 e. The minimum absolute atomic E-state index is 0.265. The first-order valence-electron chi connectivity index (χ1n) is 3.79. The van der Waals surface area contributed by atoms with Crippen LogP contribution in [0, 0.1) is 0 Å². The SMILES string of the molecule is CS(=O)(=O)Nc1ccc(Cl)cc1CO. The summed E-state index contributed by atoms with van der Waals surface area (Å²) in [5, 5.41) is 9.40. The molecule has 4 nitrogen and oxygen atoms in total. The molecule has 2 N–H and O–H groups in total. The van der Waals surface area contributed by atoms with E-state index in [9.17, 15) is 8.42 Å². The molecule has 0 radical (unpaired) electrons. The second-order valence-corrected chi connectivity index (χ2v) is 5.02. The van der Waals surface area contributed by atoms with Crippen LogP contribution >= 0.6 is 11.6 Å². The fourth-order valence-corrected chi connectivity index (χ4v) is 1.79. The van der Waals surface area contributed by atoms with E-state index in [1.54, 1.807) is 6.07 Å². The molecule has 1 aromatic carbocycles. The van der Waals surface area contributed by atoms with E-state index < -0.39 is 10.0 Å². The molecule has 0 saturated heterocycles. The van der Waals surface area contributed by atoms with Gasteiger partial charge in [-0.3, -0.25) is 4.72 Å². The van der Waals surface area contributed by atoms with Gasteiger partial charge >= 0.3 is 0 Å². The fourth-order valence-electron chi connectivity index (χ4n) is 0.992. The third kappa shape index (κ3) is 3.17. The van der Waals surface area contributed by atoms with E-state index in [4.69, 9.17) is 16.7 Å². The van der Waals surface area contributed by atoms with Crippen LogP contribution in [0.25, 0.3) is 0 Å². The van der Waals surface area contributed by atoms with Crippen molar-refractivity contribution < 1.29 is 13.5 Å². The predicted molar refractivity (Wildman–Crippen MR) is 55.8 cm³/mol. The monoisotopic (exact) mass is 235 g/mol. The first-order valence-corrected chi connectivity index (χ1v) is 6.06. The van der Waals surface area contributed by atoms with Crippen LogP contribution in [0.3, 0.4) is 0 Å². The topological polar surface area (TPSA) is 66.4 Å². The van der Waals surface area contributed by atoms with Crippen molar-refractivity contribution in [1.29, 1.82) is 0 Å². The van der Waals surface area contributed by atoms with Crippen LogP contribution in [0.1, 0.15) is 5.56 Å². The molecule has 14 heavy (non-hydrogen) atoms. The van der Waals surface area contributed by atoms with Gasteiger partial charge < -0.3 is 5.11 Å². The van der Waals surface area contributed by atoms with E-state index in [-0.39, 0.29) is 6.61 Å². The maximum Gasteiger partial charge on any atom is 0.229 e. The number of nitrogens with one attached hydrogen (secondary N) is 1. The van der Waals surface area contributed by atoms with Gasteiger partial charge in [-0.15, -0.1) is 0 Å². The third-order valence-corrected chi connectivity index (χ3v) is 2.36. The molecule has 0 fully saturated rings. The van der Waals surface area contributed by atoms with Gasteiger partial charge in [0.25, 0.3) is 0 Å². The highest BCUT2D eigenvalue weighted by molar-refractivity contribution is 7.92. The van der Waals surface area contributed by atoms with Gasteiger partial charge in [-0.1, -0.05) is 11.6 Å². The molecule has 0 bridgehead atoms. The molecule has 0 aliphatic carbocycles. The zero-order valence-electron chi connectivity index (χ0n) is 7.49. The summed E-state index contributed by atoms with van der Waals surface area (Å²) in [6.45, 7) is -0.265. The first kappa shape index (κ1) is 11.3. The van der Waals surface area contributed by atoms with Crippen LogP contribution in [0.2, 0.25) is 5.02 Å². The average Bonchev–Trinajstić information content (AvgIpc) is 2.06. The minimum atomic E-state index is -3.33. The van der Waals surface area contributed by atoms with Crippen molar-refractivity contribution in [2.24, 2.45) is 0 Å². The van der Waals surface area contributed by atoms with E-state index >= 15 is 0 Å². The van der Waals surface area contributed by atoms with Gasteiger partial charge in [0, 0.05) is 10.6 Å². The Morgan fingerprint density at radius 3 is 2.64 bits per heavy atom. The molecule has 1 aromatic rings. The van der Waals surface area contributed by atoms with Gasteiger partial charge in [-0.25, -0.2) is 8.42 Å². The van der Waals surface area contributed by atoms with Gasteiger partial charge in [0.2, 0.25) is 10.0 Å². The standard InChI is InChI=1S/C8H10ClNO3S/c1-14(12,13)10-8-3-2-7(9)4-6(8)5-11/h2-4,10-11H,5H2,1H3. The number of hydrogen-bond acceptors (Lipinski definition) is 3. The fraction of sp³-hybridized carbons (Fsp3) is 0.250. The number of aliphatic hydroxyl groups is 1. The molecule has 0 atom stereocenters. The first-order chi connectivity index (χ1) is 6.42. The summed E-state index contributed by atoms with van der Waals surface area (Å²) in [5.41, 5.74) is 0.794. The molecule has 6 heteroatoms. The molecule has 78 valence electrons. The Hall–Kier alpha value is -0.780. The molecular formula is C8H10ClNO3S. The van der Waals surface area contributed by atoms with Gasteiger partial charge in [0.05, 0.1) is 18.6 Å². The van der Waals surface area contributed by atoms with E-state index in [1.807, 2.05) is 0 Å². The molecule has 0 aromatic heterocycles. The zero-order valence-corrected chi connectivity index (χ0v) is 9.06. The summed E-state index contributed by atoms with van der Waals surface area (Å²) in [5.74, 6) is 0. The number of rotatable bonds is 3. The number of anilines is 1. The molecule has 0 aliphatic heterocycles. The van der Waals surface area contributed by atoms with E-state index in [0.29, 0.717) is 16.3 Å². The van der Waals surface area contributed by atoms with E-state index in [1.165, 1.54) is 12.1 Å². The molecule has 0 heterocycles. The Balaban J connectivity index is 3.09. The molecular weight excluding hydrogens is 226 g/mol. The highest BCUT2D eigenvalue weighted by Gasteiger charge is 2.06. The van der Waals surface area contributed by atoms with Crippen molar-refractivity contribution in [3.05, 3.63) is 28.8 Å². The van der Waals surface area contributed by atoms with Gasteiger partial charge in [-0.05, 0) is 18.2 Å². The van der Waals surface area contributed by atoms with Crippen molar-refractivity contribution in [2.75, 3.05) is 11.0 Å². The zero-order chi connectivity index (χ0) is 10.8. The van der Waals surface area contributed by atoms with Crippen LogP contribution in [0.4, 0.5) is 5.69 Å². The highest BCUT2D eigenvalue weighted by atomic mass is 35.5. The van der Waals surface area contributed by atoms with Gasteiger partial charge in [0.1, 0.15) is 0 Å². The summed E-state index contributed by atoms with van der Waals surface area (Å²) in [4.78, 5) is 0. The number of sulfonamides is 1. The molecule has 0 amide bonds. The van der Waals surface area contributed by atoms with Crippen molar-refractivity contribution >= 4 is 27.3 Å². The maximum absolute atomic E-state index is 10.9. The van der Waals surface area contributed by atoms with Crippen LogP contribution < -0.4 is 4.72 Å². The smallest absolute Gasteiger partial charge is 0.229 e. The number of hydrogen-bond donors (Lipinski definition) is 2. The Kier molecular flexibility index (Phi) is 3.36. The number of halogens is 1. The quantitative estimate of drug-likeness (QED) is 0.828. The predicted octanol–water partition coefficient (Wildman–Crippen LogP) is 1.20. The van der Waals surface area contributed by atoms with Crippen LogP contribution in [-0.2, 0) is 16.6 Å². The lowest BCUT2D eigenvalue weighted by Gasteiger charge is -2.08.